The molecule has 0 heterocycles. The number of halogens is 1. The summed E-state index contributed by atoms with van der Waals surface area (Å²) >= 11 is 0. The molecule has 15 heavy (non-hydrogen) atoms. The molecule has 0 fully saturated rings. The molecule has 0 aliphatic rings. The molecule has 2 nitrogen and oxygen atoms in total. The van der Waals surface area contributed by atoms with Crippen LogP contribution < -0.4 is 0 Å². The van der Waals surface area contributed by atoms with Crippen LogP contribution in [0.2, 0.25) is 0 Å². The number of rotatable bonds is 1. The van der Waals surface area contributed by atoms with Gasteiger partial charge in [-0.25, -0.2) is 4.39 Å². The van der Waals surface area contributed by atoms with Crippen molar-refractivity contribution in [3.63, 3.8) is 0 Å². The highest BCUT2D eigenvalue weighted by Gasteiger charge is 2.11. The summed E-state index contributed by atoms with van der Waals surface area (Å²) in [6, 6.07) is 5.87. The maximum absolute atomic E-state index is 13.2. The van der Waals surface area contributed by atoms with Crippen LogP contribution in [0.5, 0.6) is 0 Å². The smallest absolute Gasteiger partial charge is 0.143 e. The van der Waals surface area contributed by atoms with E-state index in [1.54, 1.807) is 6.07 Å². The van der Waals surface area contributed by atoms with Gasteiger partial charge in [0.25, 0.3) is 0 Å². The Morgan fingerprint density at radius 3 is 2.47 bits per heavy atom. The Morgan fingerprint density at radius 1 is 1.33 bits per heavy atom. The van der Waals surface area contributed by atoms with Crippen molar-refractivity contribution >= 4 is 0 Å². The summed E-state index contributed by atoms with van der Waals surface area (Å²) in [4.78, 5) is 0. The van der Waals surface area contributed by atoms with Gasteiger partial charge in [-0.2, -0.15) is 0 Å². The quantitative estimate of drug-likeness (QED) is 0.689. The lowest BCUT2D eigenvalue weighted by Crippen LogP contribution is -2.15. The maximum atomic E-state index is 13.2. The first-order valence-electron chi connectivity index (χ1n) is 4.58. The number of benzene rings is 1. The lowest BCUT2D eigenvalue weighted by Gasteiger charge is -2.08. The highest BCUT2D eigenvalue weighted by Crippen LogP contribution is 2.15. The van der Waals surface area contributed by atoms with Gasteiger partial charge in [0.05, 0.1) is 0 Å². The average Bonchev–Trinajstić information content (AvgIpc) is 2.14. The minimum absolute atomic E-state index is 0.120. The zero-order valence-electron chi connectivity index (χ0n) is 8.66. The van der Waals surface area contributed by atoms with Crippen molar-refractivity contribution < 1.29 is 14.6 Å². The Kier molecular flexibility index (Phi) is 3.46. The molecule has 0 aliphatic carbocycles. The van der Waals surface area contributed by atoms with Gasteiger partial charge in [-0.15, -0.1) is 0 Å². The molecule has 0 saturated carbocycles. The van der Waals surface area contributed by atoms with Gasteiger partial charge in [0, 0.05) is 5.56 Å². The molecule has 3 heteroatoms. The molecule has 1 aromatic carbocycles. The molecule has 80 valence electrons. The van der Waals surface area contributed by atoms with Crippen LogP contribution in [-0.2, 0) is 0 Å². The number of hydrogen-bond donors (Lipinski definition) is 2. The van der Waals surface area contributed by atoms with E-state index in [-0.39, 0.29) is 5.56 Å². The molecular weight excluding hydrogens is 195 g/mol. The van der Waals surface area contributed by atoms with E-state index in [9.17, 15) is 14.6 Å². The largest absolute Gasteiger partial charge is 0.378 e. The zero-order valence-corrected chi connectivity index (χ0v) is 8.66. The van der Waals surface area contributed by atoms with Gasteiger partial charge in [-0.3, -0.25) is 0 Å². The van der Waals surface area contributed by atoms with Crippen molar-refractivity contribution in [1.29, 1.82) is 0 Å². The molecule has 0 aliphatic heterocycles. The molecule has 0 radical (unpaired) electrons. The first-order chi connectivity index (χ1) is 6.90. The van der Waals surface area contributed by atoms with E-state index in [2.05, 4.69) is 11.8 Å². The molecule has 0 bridgehead atoms. The van der Waals surface area contributed by atoms with Crippen LogP contribution in [-0.4, -0.2) is 15.8 Å². The van der Waals surface area contributed by atoms with E-state index in [4.69, 9.17) is 0 Å². The van der Waals surface area contributed by atoms with Crippen molar-refractivity contribution in [2.24, 2.45) is 0 Å². The van der Waals surface area contributed by atoms with Gasteiger partial charge >= 0.3 is 0 Å². The van der Waals surface area contributed by atoms with Crippen molar-refractivity contribution in [3.05, 3.63) is 35.6 Å². The highest BCUT2D eigenvalue weighted by molar-refractivity contribution is 5.27. The Labute approximate surface area is 88.4 Å². The zero-order chi connectivity index (χ0) is 11.5. The SMILES string of the molecule is CC(C)(O)C#C[C@@H](O)c1ccccc1F. The van der Waals surface area contributed by atoms with Crippen molar-refractivity contribution in [3.8, 4) is 11.8 Å². The van der Waals surface area contributed by atoms with Crippen molar-refractivity contribution in [2.45, 2.75) is 25.6 Å². The summed E-state index contributed by atoms with van der Waals surface area (Å²) < 4.78 is 13.2. The molecule has 2 N–H and O–H groups in total. The topological polar surface area (TPSA) is 40.5 Å². The van der Waals surface area contributed by atoms with E-state index in [1.807, 2.05) is 0 Å². The van der Waals surface area contributed by atoms with Gasteiger partial charge in [0.15, 0.2) is 0 Å². The third-order valence-corrected chi connectivity index (χ3v) is 1.71. The monoisotopic (exact) mass is 208 g/mol. The fourth-order valence-corrected chi connectivity index (χ4v) is 1.02. The molecule has 1 aromatic rings. The van der Waals surface area contributed by atoms with E-state index in [1.165, 1.54) is 32.0 Å². The van der Waals surface area contributed by atoms with Gasteiger partial charge < -0.3 is 10.2 Å². The summed E-state index contributed by atoms with van der Waals surface area (Å²) in [5.41, 5.74) is -1.07. The molecule has 0 aromatic heterocycles. The minimum atomic E-state index is -1.21. The number of hydrogen-bond acceptors (Lipinski definition) is 2. The second-order valence-electron chi connectivity index (χ2n) is 3.75. The van der Waals surface area contributed by atoms with E-state index < -0.39 is 17.5 Å². The fourth-order valence-electron chi connectivity index (χ4n) is 1.02. The summed E-state index contributed by atoms with van der Waals surface area (Å²) in [6.45, 7) is 2.99. The van der Waals surface area contributed by atoms with Gasteiger partial charge in [-0.05, 0) is 19.9 Å². The molecule has 1 atom stereocenters. The first kappa shape index (κ1) is 11.7. The normalized spacial score (nSPS) is 12.9. The minimum Gasteiger partial charge on any atom is -0.378 e. The van der Waals surface area contributed by atoms with Crippen LogP contribution in [0.15, 0.2) is 24.3 Å². The van der Waals surface area contributed by atoms with Crippen molar-refractivity contribution in [2.75, 3.05) is 0 Å². The third-order valence-electron chi connectivity index (χ3n) is 1.71. The lowest BCUT2D eigenvalue weighted by atomic mass is 10.1. The standard InChI is InChI=1S/C12H13FO2/c1-12(2,15)8-7-11(14)9-5-3-4-6-10(9)13/h3-6,11,14-15H,1-2H3/t11-/m1/s1. The average molecular weight is 208 g/mol. The molecule has 0 amide bonds. The van der Waals surface area contributed by atoms with E-state index in [0.29, 0.717) is 0 Å². The Hall–Kier alpha value is -1.37. The second-order valence-corrected chi connectivity index (χ2v) is 3.75. The Bertz CT molecular complexity index is 396. The molecule has 0 saturated heterocycles. The summed E-state index contributed by atoms with van der Waals surface area (Å²) in [7, 11) is 0. The van der Waals surface area contributed by atoms with Gasteiger partial charge in [0.2, 0.25) is 0 Å². The Balaban J connectivity index is 2.90. The summed E-state index contributed by atoms with van der Waals surface area (Å²) in [5, 5.41) is 18.8. The first-order valence-corrected chi connectivity index (χ1v) is 4.58. The van der Waals surface area contributed by atoms with Crippen LogP contribution in [0.1, 0.15) is 25.5 Å². The lowest BCUT2D eigenvalue weighted by molar-refractivity contribution is 0.142. The molecule has 0 spiro atoms. The molecular formula is C12H13FO2. The number of aliphatic hydroxyl groups is 2. The van der Waals surface area contributed by atoms with Crippen LogP contribution >= 0.6 is 0 Å². The summed E-state index contributed by atoms with van der Waals surface area (Å²) in [5.74, 6) is 4.33. The van der Waals surface area contributed by atoms with E-state index in [0.717, 1.165) is 0 Å². The highest BCUT2D eigenvalue weighted by atomic mass is 19.1. The van der Waals surface area contributed by atoms with Gasteiger partial charge in [0.1, 0.15) is 17.5 Å². The van der Waals surface area contributed by atoms with Crippen LogP contribution in [0.3, 0.4) is 0 Å². The fraction of sp³-hybridized carbons (Fsp3) is 0.333. The summed E-state index contributed by atoms with van der Waals surface area (Å²) in [6.07, 6.45) is -1.21. The van der Waals surface area contributed by atoms with Crippen LogP contribution in [0, 0.1) is 17.7 Å². The third kappa shape index (κ3) is 3.70. The predicted octanol–water partition coefficient (Wildman–Crippen LogP) is 1.63. The Morgan fingerprint density at radius 2 is 1.93 bits per heavy atom. The molecule has 0 unspecified atom stereocenters. The van der Waals surface area contributed by atoms with Crippen molar-refractivity contribution in [1.82, 2.24) is 0 Å². The molecule has 1 rings (SSSR count). The van der Waals surface area contributed by atoms with E-state index >= 15 is 0 Å². The predicted molar refractivity (Wildman–Crippen MR) is 55.4 cm³/mol. The van der Waals surface area contributed by atoms with Crippen LogP contribution in [0.4, 0.5) is 4.39 Å². The second kappa shape index (κ2) is 4.43. The van der Waals surface area contributed by atoms with Crippen LogP contribution in [0.25, 0.3) is 0 Å². The van der Waals surface area contributed by atoms with Gasteiger partial charge in [-0.1, -0.05) is 30.0 Å². The maximum Gasteiger partial charge on any atom is 0.143 e. The number of aliphatic hydroxyl groups excluding tert-OH is 1.